The Balaban J connectivity index is 1.68. The van der Waals surface area contributed by atoms with Crippen molar-refractivity contribution < 1.29 is 23.5 Å². The van der Waals surface area contributed by atoms with E-state index in [1.54, 1.807) is 6.92 Å². The van der Waals surface area contributed by atoms with Crippen LogP contribution in [0.4, 0.5) is 4.39 Å². The van der Waals surface area contributed by atoms with Gasteiger partial charge in [0.2, 0.25) is 5.83 Å². The van der Waals surface area contributed by atoms with E-state index in [0.29, 0.717) is 29.7 Å². The molecule has 0 N–H and O–H groups in total. The number of fused-ring (bicyclic) bond motifs is 5. The first kappa shape index (κ1) is 23.3. The number of hydrogen-bond acceptors (Lipinski definition) is 4. The van der Waals surface area contributed by atoms with E-state index in [2.05, 4.69) is 26.8 Å². The van der Waals surface area contributed by atoms with Crippen molar-refractivity contribution in [3.63, 3.8) is 0 Å². The summed E-state index contributed by atoms with van der Waals surface area (Å²) < 4.78 is 25.6. The molecule has 0 aromatic heterocycles. The zero-order valence-corrected chi connectivity index (χ0v) is 20.2. The molecule has 2 saturated carbocycles. The SMILES string of the molecule is CCOC(=O)C(F)=C1CC[C@H]2[C@@H]3CC=C4C(CC)=C(OC(C)=O)CC[C@]4(C)[C@H]3CC[C@]12C. The van der Waals surface area contributed by atoms with Gasteiger partial charge in [-0.25, -0.2) is 4.79 Å². The predicted molar refractivity (Wildman–Crippen MR) is 121 cm³/mol. The van der Waals surface area contributed by atoms with Crippen molar-refractivity contribution in [2.75, 3.05) is 6.61 Å². The van der Waals surface area contributed by atoms with Crippen molar-refractivity contribution in [3.8, 4) is 0 Å². The molecule has 5 heteroatoms. The highest BCUT2D eigenvalue weighted by atomic mass is 19.1. The molecule has 0 aromatic carbocycles. The van der Waals surface area contributed by atoms with Gasteiger partial charge in [-0.05, 0) is 97.2 Å². The molecule has 0 unspecified atom stereocenters. The van der Waals surface area contributed by atoms with Crippen LogP contribution >= 0.6 is 0 Å². The molecule has 0 saturated heterocycles. The van der Waals surface area contributed by atoms with E-state index in [1.807, 2.05) is 0 Å². The Kier molecular flexibility index (Phi) is 6.15. The Labute approximate surface area is 191 Å². The molecule has 2 fully saturated rings. The van der Waals surface area contributed by atoms with Crippen LogP contribution in [0.2, 0.25) is 0 Å². The fourth-order valence-corrected chi connectivity index (χ4v) is 7.72. The van der Waals surface area contributed by atoms with Crippen molar-refractivity contribution in [1.82, 2.24) is 0 Å². The van der Waals surface area contributed by atoms with Gasteiger partial charge in [0.15, 0.2) is 0 Å². The maximum Gasteiger partial charge on any atom is 0.367 e. The maximum absolute atomic E-state index is 15.1. The van der Waals surface area contributed by atoms with E-state index in [1.165, 1.54) is 18.1 Å². The third-order valence-electron chi connectivity index (χ3n) is 9.12. The summed E-state index contributed by atoms with van der Waals surface area (Å²) in [5.74, 6) is 0.571. The standard InChI is InChI=1S/C27H37FO4/c1-6-17-19-9-8-18-20-10-11-22(24(28)25(30)31-7-2)27(20,5)14-12-21(18)26(19,4)15-13-23(17)32-16(3)29/h9,18,20-21H,6-8,10-15H2,1-5H3/t18-,20-,21-,26-,27-/m0/s1. The summed E-state index contributed by atoms with van der Waals surface area (Å²) in [7, 11) is 0. The number of esters is 2. The second-order valence-corrected chi connectivity index (χ2v) is 10.5. The molecule has 5 atom stereocenters. The molecule has 32 heavy (non-hydrogen) atoms. The quantitative estimate of drug-likeness (QED) is 0.363. The fraction of sp³-hybridized carbons (Fsp3) is 0.704. The van der Waals surface area contributed by atoms with Crippen LogP contribution in [0.1, 0.15) is 86.0 Å². The van der Waals surface area contributed by atoms with E-state index in [9.17, 15) is 9.59 Å². The van der Waals surface area contributed by atoms with Crippen molar-refractivity contribution in [2.24, 2.45) is 28.6 Å². The van der Waals surface area contributed by atoms with Crippen molar-refractivity contribution >= 4 is 11.9 Å². The Hall–Kier alpha value is -1.91. The van der Waals surface area contributed by atoms with Gasteiger partial charge in [0.25, 0.3) is 0 Å². The molecular formula is C27H37FO4. The van der Waals surface area contributed by atoms with Crippen molar-refractivity contribution in [3.05, 3.63) is 34.4 Å². The number of halogens is 1. The highest BCUT2D eigenvalue weighted by Gasteiger charge is 2.58. The Morgan fingerprint density at radius 1 is 1.09 bits per heavy atom. The van der Waals surface area contributed by atoms with E-state index >= 15 is 4.39 Å². The van der Waals surface area contributed by atoms with E-state index in [4.69, 9.17) is 9.47 Å². The van der Waals surface area contributed by atoms with Crippen LogP contribution in [-0.4, -0.2) is 18.5 Å². The predicted octanol–water partition coefficient (Wildman–Crippen LogP) is 6.57. The first-order chi connectivity index (χ1) is 15.2. The average molecular weight is 445 g/mol. The number of hydrogen-bond donors (Lipinski definition) is 0. The van der Waals surface area contributed by atoms with Crippen molar-refractivity contribution in [1.29, 1.82) is 0 Å². The Morgan fingerprint density at radius 3 is 2.47 bits per heavy atom. The van der Waals surface area contributed by atoms with Crippen LogP contribution in [-0.2, 0) is 19.1 Å². The molecule has 4 aliphatic carbocycles. The minimum absolute atomic E-state index is 0.0609. The number of allylic oxidation sites excluding steroid dienone is 5. The van der Waals surface area contributed by atoms with Gasteiger partial charge in [-0.2, -0.15) is 4.39 Å². The molecule has 0 heterocycles. The maximum atomic E-state index is 15.1. The van der Waals surface area contributed by atoms with Crippen LogP contribution in [0, 0.1) is 28.6 Å². The minimum Gasteiger partial charge on any atom is -0.461 e. The van der Waals surface area contributed by atoms with Gasteiger partial charge in [-0.15, -0.1) is 0 Å². The molecule has 4 rings (SSSR count). The van der Waals surface area contributed by atoms with Crippen molar-refractivity contribution in [2.45, 2.75) is 86.0 Å². The largest absolute Gasteiger partial charge is 0.461 e. The molecule has 4 aliphatic rings. The number of ether oxygens (including phenoxy) is 2. The number of carbonyl (C=O) groups is 2. The molecule has 0 radical (unpaired) electrons. The molecular weight excluding hydrogens is 407 g/mol. The molecule has 0 spiro atoms. The summed E-state index contributed by atoms with van der Waals surface area (Å²) in [6.45, 7) is 10.1. The topological polar surface area (TPSA) is 52.6 Å². The minimum atomic E-state index is -0.799. The third-order valence-corrected chi connectivity index (χ3v) is 9.12. The van der Waals surface area contributed by atoms with Gasteiger partial charge >= 0.3 is 11.9 Å². The summed E-state index contributed by atoms with van der Waals surface area (Å²) in [6, 6.07) is 0. The lowest BCUT2D eigenvalue weighted by atomic mass is 9.47. The molecule has 0 amide bonds. The first-order valence-corrected chi connectivity index (χ1v) is 12.3. The molecule has 0 aromatic rings. The van der Waals surface area contributed by atoms with E-state index < -0.39 is 11.8 Å². The zero-order valence-electron chi connectivity index (χ0n) is 20.2. The highest BCUT2D eigenvalue weighted by Crippen LogP contribution is 2.67. The van der Waals surface area contributed by atoms with Gasteiger partial charge < -0.3 is 9.47 Å². The second-order valence-electron chi connectivity index (χ2n) is 10.5. The molecule has 4 nitrogen and oxygen atoms in total. The van der Waals surface area contributed by atoms with Gasteiger partial charge in [-0.3, -0.25) is 4.79 Å². The average Bonchev–Trinajstić information content (AvgIpc) is 3.10. The summed E-state index contributed by atoms with van der Waals surface area (Å²) in [5, 5.41) is 0. The van der Waals surface area contributed by atoms with Crippen LogP contribution in [0.25, 0.3) is 0 Å². The van der Waals surface area contributed by atoms with Gasteiger partial charge in [0.05, 0.1) is 6.61 Å². The molecule has 176 valence electrons. The molecule has 0 bridgehead atoms. The fourth-order valence-electron chi connectivity index (χ4n) is 7.72. The van der Waals surface area contributed by atoms with Crippen LogP contribution in [0.5, 0.6) is 0 Å². The summed E-state index contributed by atoms with van der Waals surface area (Å²) in [4.78, 5) is 23.8. The highest BCUT2D eigenvalue weighted by molar-refractivity contribution is 5.87. The first-order valence-electron chi connectivity index (χ1n) is 12.3. The lowest BCUT2D eigenvalue weighted by Gasteiger charge is -2.57. The molecule has 0 aliphatic heterocycles. The Bertz CT molecular complexity index is 913. The van der Waals surface area contributed by atoms with Gasteiger partial charge in [0, 0.05) is 13.3 Å². The lowest BCUT2D eigenvalue weighted by molar-refractivity contribution is -0.140. The normalized spacial score (nSPS) is 37.7. The summed E-state index contributed by atoms with van der Waals surface area (Å²) >= 11 is 0. The van der Waals surface area contributed by atoms with Crippen LogP contribution in [0.3, 0.4) is 0 Å². The van der Waals surface area contributed by atoms with Crippen LogP contribution in [0.15, 0.2) is 34.4 Å². The van der Waals surface area contributed by atoms with Gasteiger partial charge in [-0.1, -0.05) is 26.8 Å². The summed E-state index contributed by atoms with van der Waals surface area (Å²) in [6.07, 6.45) is 9.53. The number of rotatable bonds is 4. The van der Waals surface area contributed by atoms with Gasteiger partial charge in [0.1, 0.15) is 5.76 Å². The van der Waals surface area contributed by atoms with E-state index in [0.717, 1.165) is 50.7 Å². The lowest BCUT2D eigenvalue weighted by Crippen LogP contribution is -2.49. The monoisotopic (exact) mass is 444 g/mol. The Morgan fingerprint density at radius 2 is 1.81 bits per heavy atom. The number of carbonyl (C=O) groups excluding carboxylic acids is 2. The van der Waals surface area contributed by atoms with E-state index in [-0.39, 0.29) is 23.4 Å². The van der Waals surface area contributed by atoms with Crippen LogP contribution < -0.4 is 0 Å². The third kappa shape index (κ3) is 3.47. The smallest absolute Gasteiger partial charge is 0.367 e. The second kappa shape index (κ2) is 8.46. The zero-order chi connectivity index (χ0) is 23.3. The summed E-state index contributed by atoms with van der Waals surface area (Å²) in [5.41, 5.74) is 3.07.